The van der Waals surface area contributed by atoms with Gasteiger partial charge in [-0.05, 0) is 5.92 Å². The molecule has 2 rings (SSSR count). The molecule has 2 N–H and O–H groups in total. The van der Waals surface area contributed by atoms with Crippen molar-refractivity contribution in [3.63, 3.8) is 0 Å². The summed E-state index contributed by atoms with van der Waals surface area (Å²) in [5.41, 5.74) is 0.655. The Kier molecular flexibility index (Phi) is 2.53. The number of nitrogens with zero attached hydrogens (tertiary/aromatic N) is 2. The molecule has 2 atom stereocenters. The highest BCUT2D eigenvalue weighted by Gasteiger charge is 2.29. The Bertz CT molecular complexity index is 379. The van der Waals surface area contributed by atoms with Crippen LogP contribution in [0.5, 0.6) is 0 Å². The fraction of sp³-hybridized carbons (Fsp3) is 0.500. The molecule has 5 heteroatoms. The number of aromatic nitrogens is 2. The molecule has 1 aromatic rings. The molecule has 15 heavy (non-hydrogen) atoms. The quantitative estimate of drug-likeness (QED) is 0.764. The minimum absolute atomic E-state index is 0.00773. The maximum Gasteiger partial charge on any atom is 0.247 e. The Morgan fingerprint density at radius 3 is 3.13 bits per heavy atom. The summed E-state index contributed by atoms with van der Waals surface area (Å²) in [7, 11) is 0. The molecule has 0 fully saturated rings. The molecule has 80 valence electrons. The van der Waals surface area contributed by atoms with Gasteiger partial charge in [0.1, 0.15) is 18.1 Å². The Balaban J connectivity index is 2.26. The number of amides is 1. The van der Waals surface area contributed by atoms with Crippen molar-refractivity contribution in [2.45, 2.75) is 26.3 Å². The highest BCUT2D eigenvalue weighted by atomic mass is 16.2. The SMILES string of the molecule is CC[C@H](C)C1Nc2ncncc2NC1=O. The molecule has 0 radical (unpaired) electrons. The third-order valence-corrected chi connectivity index (χ3v) is 2.76. The smallest absolute Gasteiger partial charge is 0.247 e. The summed E-state index contributed by atoms with van der Waals surface area (Å²) in [4.78, 5) is 19.7. The predicted molar refractivity (Wildman–Crippen MR) is 57.5 cm³/mol. The minimum atomic E-state index is -0.197. The standard InChI is InChI=1S/C10H14N4O/c1-3-6(2)8-10(15)13-7-4-11-5-12-9(7)14-8/h4-6,8H,3H2,1-2H3,(H,13,15)(H,11,12,14)/t6-,8?/m0/s1. The third kappa shape index (κ3) is 1.77. The predicted octanol–water partition coefficient (Wildman–Crippen LogP) is 1.26. The largest absolute Gasteiger partial charge is 0.356 e. The minimum Gasteiger partial charge on any atom is -0.356 e. The van der Waals surface area contributed by atoms with Crippen LogP contribution in [-0.2, 0) is 4.79 Å². The topological polar surface area (TPSA) is 66.9 Å². The van der Waals surface area contributed by atoms with Gasteiger partial charge in [0.05, 0.1) is 6.20 Å². The van der Waals surface area contributed by atoms with E-state index in [-0.39, 0.29) is 17.9 Å². The Morgan fingerprint density at radius 2 is 2.40 bits per heavy atom. The molecule has 0 saturated carbocycles. The van der Waals surface area contributed by atoms with Crippen LogP contribution >= 0.6 is 0 Å². The average molecular weight is 206 g/mol. The third-order valence-electron chi connectivity index (χ3n) is 2.76. The van der Waals surface area contributed by atoms with Crippen LogP contribution < -0.4 is 10.6 Å². The van der Waals surface area contributed by atoms with E-state index in [4.69, 9.17) is 0 Å². The molecule has 5 nitrogen and oxygen atoms in total. The van der Waals surface area contributed by atoms with Crippen LogP contribution in [-0.4, -0.2) is 21.9 Å². The first-order chi connectivity index (χ1) is 7.22. The molecular formula is C10H14N4O. The van der Waals surface area contributed by atoms with Crippen LogP contribution in [0.1, 0.15) is 20.3 Å². The average Bonchev–Trinajstić information content (AvgIpc) is 2.27. The van der Waals surface area contributed by atoms with Crippen molar-refractivity contribution in [1.82, 2.24) is 9.97 Å². The molecular weight excluding hydrogens is 192 g/mol. The summed E-state index contributed by atoms with van der Waals surface area (Å²) in [5.74, 6) is 0.981. The number of hydrogen-bond acceptors (Lipinski definition) is 4. The maximum absolute atomic E-state index is 11.7. The van der Waals surface area contributed by atoms with Gasteiger partial charge in [-0.3, -0.25) is 4.79 Å². The van der Waals surface area contributed by atoms with Crippen molar-refractivity contribution in [3.8, 4) is 0 Å². The number of carbonyl (C=O) groups excluding carboxylic acids is 1. The van der Waals surface area contributed by atoms with E-state index in [2.05, 4.69) is 27.5 Å². The highest BCUT2D eigenvalue weighted by Crippen LogP contribution is 2.25. The number of rotatable bonds is 2. The second-order valence-electron chi connectivity index (χ2n) is 3.78. The molecule has 1 aromatic heterocycles. The lowest BCUT2D eigenvalue weighted by atomic mass is 9.97. The lowest BCUT2D eigenvalue weighted by molar-refractivity contribution is -0.118. The van der Waals surface area contributed by atoms with Gasteiger partial charge in [0, 0.05) is 0 Å². The molecule has 1 amide bonds. The molecule has 1 aliphatic heterocycles. The van der Waals surface area contributed by atoms with Crippen molar-refractivity contribution in [2.75, 3.05) is 10.6 Å². The lowest BCUT2D eigenvalue weighted by Gasteiger charge is -2.28. The van der Waals surface area contributed by atoms with Gasteiger partial charge in [-0.1, -0.05) is 20.3 Å². The van der Waals surface area contributed by atoms with Crippen LogP contribution in [0.4, 0.5) is 11.5 Å². The molecule has 0 bridgehead atoms. The van der Waals surface area contributed by atoms with Crippen LogP contribution in [0.3, 0.4) is 0 Å². The molecule has 2 heterocycles. The van der Waals surface area contributed by atoms with Crippen LogP contribution in [0.25, 0.3) is 0 Å². The van der Waals surface area contributed by atoms with Crippen LogP contribution in [0.2, 0.25) is 0 Å². The summed E-state index contributed by atoms with van der Waals surface area (Å²) >= 11 is 0. The normalized spacial score (nSPS) is 21.2. The molecule has 1 unspecified atom stereocenters. The van der Waals surface area contributed by atoms with Crippen LogP contribution in [0, 0.1) is 5.92 Å². The van der Waals surface area contributed by atoms with Crippen molar-refractivity contribution in [1.29, 1.82) is 0 Å². The zero-order chi connectivity index (χ0) is 10.8. The Morgan fingerprint density at radius 1 is 1.60 bits per heavy atom. The Labute approximate surface area is 88.3 Å². The van der Waals surface area contributed by atoms with Crippen LogP contribution in [0.15, 0.2) is 12.5 Å². The van der Waals surface area contributed by atoms with E-state index in [0.29, 0.717) is 11.5 Å². The van der Waals surface area contributed by atoms with Crippen molar-refractivity contribution in [2.24, 2.45) is 5.92 Å². The van der Waals surface area contributed by atoms with Gasteiger partial charge in [-0.25, -0.2) is 9.97 Å². The van der Waals surface area contributed by atoms with Crippen molar-refractivity contribution < 1.29 is 4.79 Å². The molecule has 0 spiro atoms. The van der Waals surface area contributed by atoms with E-state index in [1.54, 1.807) is 6.20 Å². The van der Waals surface area contributed by atoms with Gasteiger partial charge in [0.2, 0.25) is 5.91 Å². The summed E-state index contributed by atoms with van der Waals surface area (Å²) in [6, 6.07) is -0.197. The van der Waals surface area contributed by atoms with Gasteiger partial charge in [0.25, 0.3) is 0 Å². The zero-order valence-electron chi connectivity index (χ0n) is 8.82. The molecule has 0 saturated heterocycles. The van der Waals surface area contributed by atoms with Crippen molar-refractivity contribution >= 4 is 17.4 Å². The van der Waals surface area contributed by atoms with Gasteiger partial charge in [-0.15, -0.1) is 0 Å². The Hall–Kier alpha value is -1.65. The number of fused-ring (bicyclic) bond motifs is 1. The second kappa shape index (κ2) is 3.84. The van der Waals surface area contributed by atoms with Crippen molar-refractivity contribution in [3.05, 3.63) is 12.5 Å². The summed E-state index contributed by atoms with van der Waals surface area (Å²) in [6.07, 6.45) is 4.02. The second-order valence-corrected chi connectivity index (χ2v) is 3.78. The summed E-state index contributed by atoms with van der Waals surface area (Å²) in [5, 5.41) is 5.93. The molecule has 0 aromatic carbocycles. The molecule has 1 aliphatic rings. The summed E-state index contributed by atoms with van der Waals surface area (Å²) < 4.78 is 0. The van der Waals surface area contributed by atoms with E-state index in [1.807, 2.05) is 6.92 Å². The highest BCUT2D eigenvalue weighted by molar-refractivity contribution is 6.02. The van der Waals surface area contributed by atoms with Gasteiger partial charge >= 0.3 is 0 Å². The fourth-order valence-corrected chi connectivity index (χ4v) is 1.60. The monoisotopic (exact) mass is 206 g/mol. The maximum atomic E-state index is 11.7. The first-order valence-corrected chi connectivity index (χ1v) is 5.09. The fourth-order valence-electron chi connectivity index (χ4n) is 1.60. The van der Waals surface area contributed by atoms with E-state index in [9.17, 15) is 4.79 Å². The number of nitrogens with one attached hydrogen (secondary N) is 2. The number of anilines is 2. The first-order valence-electron chi connectivity index (χ1n) is 5.09. The van der Waals surface area contributed by atoms with Gasteiger partial charge in [0.15, 0.2) is 5.82 Å². The van der Waals surface area contributed by atoms with E-state index in [1.165, 1.54) is 6.33 Å². The number of hydrogen-bond donors (Lipinski definition) is 2. The van der Waals surface area contributed by atoms with E-state index in [0.717, 1.165) is 6.42 Å². The van der Waals surface area contributed by atoms with E-state index >= 15 is 0 Å². The lowest BCUT2D eigenvalue weighted by Crippen LogP contribution is -2.43. The number of carbonyl (C=O) groups is 1. The van der Waals surface area contributed by atoms with E-state index < -0.39 is 0 Å². The van der Waals surface area contributed by atoms with Gasteiger partial charge in [-0.2, -0.15) is 0 Å². The van der Waals surface area contributed by atoms with Gasteiger partial charge < -0.3 is 10.6 Å². The molecule has 0 aliphatic carbocycles. The first kappa shape index (κ1) is 9.89. The summed E-state index contributed by atoms with van der Waals surface area (Å²) in [6.45, 7) is 4.11. The zero-order valence-corrected chi connectivity index (χ0v) is 8.82.